The molecule has 20 heavy (non-hydrogen) atoms. The van der Waals surface area contributed by atoms with Crippen LogP contribution in [0.2, 0.25) is 0 Å². The number of likely N-dealkylation sites (N-methyl/N-ethyl adjacent to an activating group) is 1. The third-order valence-electron chi connectivity index (χ3n) is 3.75. The van der Waals surface area contributed by atoms with Crippen LogP contribution in [0.3, 0.4) is 0 Å². The van der Waals surface area contributed by atoms with E-state index in [-0.39, 0.29) is 17.9 Å². The van der Waals surface area contributed by atoms with Crippen molar-refractivity contribution in [2.45, 2.75) is 25.4 Å². The summed E-state index contributed by atoms with van der Waals surface area (Å²) in [4.78, 5) is 24.6. The average molecular weight is 272 g/mol. The van der Waals surface area contributed by atoms with Crippen molar-refractivity contribution in [2.75, 3.05) is 7.05 Å². The Morgan fingerprint density at radius 1 is 1.35 bits per heavy atom. The second-order valence-electron chi connectivity index (χ2n) is 5.02. The van der Waals surface area contributed by atoms with Crippen molar-refractivity contribution >= 4 is 22.8 Å². The van der Waals surface area contributed by atoms with Gasteiger partial charge in [0.05, 0.1) is 12.3 Å². The second-order valence-corrected chi connectivity index (χ2v) is 5.02. The first kappa shape index (κ1) is 12.9. The smallest absolute Gasteiger partial charge is 0.246 e. The molecule has 0 saturated carbocycles. The molecule has 1 saturated heterocycles. The predicted molar refractivity (Wildman–Crippen MR) is 73.9 cm³/mol. The van der Waals surface area contributed by atoms with Crippen molar-refractivity contribution < 1.29 is 14.0 Å². The zero-order valence-electron chi connectivity index (χ0n) is 11.3. The lowest BCUT2D eigenvalue weighted by atomic mass is 10.0. The molecule has 0 bridgehead atoms. The van der Waals surface area contributed by atoms with Gasteiger partial charge in [0.2, 0.25) is 11.8 Å². The van der Waals surface area contributed by atoms with Crippen molar-refractivity contribution in [3.05, 3.63) is 36.1 Å². The maximum absolute atomic E-state index is 12.0. The van der Waals surface area contributed by atoms with Crippen molar-refractivity contribution in [1.29, 1.82) is 0 Å². The van der Waals surface area contributed by atoms with Gasteiger partial charge < -0.3 is 9.73 Å². The molecule has 1 aliphatic heterocycles. The average Bonchev–Trinajstić information content (AvgIpc) is 2.87. The Hall–Kier alpha value is -2.14. The molecule has 3 rings (SSSR count). The number of nitrogens with zero attached hydrogens (tertiary/aromatic N) is 1. The van der Waals surface area contributed by atoms with E-state index >= 15 is 0 Å². The standard InChI is InChI=1S/C15H16N2O3/c1-17-14(18)7-6-12(15(17)19)16-8-10-9-20-13-5-3-2-4-11(10)13/h2-5,9,12,16H,6-8H2,1H3. The number of hydrogen-bond acceptors (Lipinski definition) is 4. The molecule has 5 heteroatoms. The van der Waals surface area contributed by atoms with E-state index in [9.17, 15) is 9.59 Å². The summed E-state index contributed by atoms with van der Waals surface area (Å²) in [6, 6.07) is 7.49. The number of fused-ring (bicyclic) bond motifs is 1. The highest BCUT2D eigenvalue weighted by molar-refractivity contribution is 6.00. The number of carbonyl (C=O) groups excluding carboxylic acids is 2. The van der Waals surface area contributed by atoms with E-state index in [2.05, 4.69) is 5.32 Å². The molecule has 0 spiro atoms. The molecule has 0 radical (unpaired) electrons. The van der Waals surface area contributed by atoms with Crippen LogP contribution >= 0.6 is 0 Å². The Morgan fingerprint density at radius 3 is 3.00 bits per heavy atom. The summed E-state index contributed by atoms with van der Waals surface area (Å²) in [5, 5.41) is 4.26. The molecule has 104 valence electrons. The van der Waals surface area contributed by atoms with E-state index < -0.39 is 0 Å². The van der Waals surface area contributed by atoms with Gasteiger partial charge in [-0.2, -0.15) is 0 Å². The molecule has 1 aromatic heterocycles. The van der Waals surface area contributed by atoms with Gasteiger partial charge in [-0.05, 0) is 12.5 Å². The third-order valence-corrected chi connectivity index (χ3v) is 3.75. The van der Waals surface area contributed by atoms with Crippen LogP contribution in [-0.2, 0) is 16.1 Å². The third kappa shape index (κ3) is 2.20. The highest BCUT2D eigenvalue weighted by Crippen LogP contribution is 2.21. The highest BCUT2D eigenvalue weighted by Gasteiger charge is 2.31. The maximum Gasteiger partial charge on any atom is 0.246 e. The van der Waals surface area contributed by atoms with Crippen LogP contribution in [0.1, 0.15) is 18.4 Å². The van der Waals surface area contributed by atoms with Crippen LogP contribution in [0, 0.1) is 0 Å². The molecule has 5 nitrogen and oxygen atoms in total. The predicted octanol–water partition coefficient (Wildman–Crippen LogP) is 1.67. The van der Waals surface area contributed by atoms with Gasteiger partial charge in [-0.3, -0.25) is 14.5 Å². The van der Waals surface area contributed by atoms with E-state index in [4.69, 9.17) is 4.42 Å². The molecular weight excluding hydrogens is 256 g/mol. The molecule has 1 aromatic carbocycles. The van der Waals surface area contributed by atoms with Gasteiger partial charge in [0.25, 0.3) is 0 Å². The minimum atomic E-state index is -0.300. The number of para-hydroxylation sites is 1. The Bertz CT molecular complexity index is 662. The summed E-state index contributed by atoms with van der Waals surface area (Å²) in [6.45, 7) is 0.551. The number of furan rings is 1. The fraction of sp³-hybridized carbons (Fsp3) is 0.333. The number of piperidine rings is 1. The molecule has 0 aliphatic carbocycles. The Morgan fingerprint density at radius 2 is 2.15 bits per heavy atom. The van der Waals surface area contributed by atoms with E-state index in [1.807, 2.05) is 24.3 Å². The molecular formula is C15H16N2O3. The van der Waals surface area contributed by atoms with Crippen LogP contribution in [0.4, 0.5) is 0 Å². The Balaban J connectivity index is 1.71. The van der Waals surface area contributed by atoms with Gasteiger partial charge >= 0.3 is 0 Å². The quantitative estimate of drug-likeness (QED) is 0.863. The van der Waals surface area contributed by atoms with Gasteiger partial charge in [-0.25, -0.2) is 0 Å². The Kier molecular flexibility index (Phi) is 3.28. The van der Waals surface area contributed by atoms with Crippen LogP contribution in [0.5, 0.6) is 0 Å². The van der Waals surface area contributed by atoms with Crippen LogP contribution in [0.25, 0.3) is 11.0 Å². The van der Waals surface area contributed by atoms with E-state index in [1.54, 1.807) is 6.26 Å². The van der Waals surface area contributed by atoms with Gasteiger partial charge in [0.15, 0.2) is 0 Å². The number of rotatable bonds is 3. The number of benzene rings is 1. The summed E-state index contributed by atoms with van der Waals surface area (Å²) >= 11 is 0. The minimum Gasteiger partial charge on any atom is -0.464 e. The summed E-state index contributed by atoms with van der Waals surface area (Å²) < 4.78 is 5.46. The monoisotopic (exact) mass is 272 g/mol. The normalized spacial score (nSPS) is 19.9. The molecule has 1 aliphatic rings. The SMILES string of the molecule is CN1C(=O)CCC(NCc2coc3ccccc23)C1=O. The zero-order valence-corrected chi connectivity index (χ0v) is 11.3. The fourth-order valence-electron chi connectivity index (χ4n) is 2.51. The number of imide groups is 1. The summed E-state index contributed by atoms with van der Waals surface area (Å²) in [5.41, 5.74) is 1.86. The van der Waals surface area contributed by atoms with Gasteiger partial charge in [0, 0.05) is 31.0 Å². The summed E-state index contributed by atoms with van der Waals surface area (Å²) in [7, 11) is 1.53. The van der Waals surface area contributed by atoms with Crippen LogP contribution in [-0.4, -0.2) is 29.8 Å². The van der Waals surface area contributed by atoms with Crippen molar-refractivity contribution in [2.24, 2.45) is 0 Å². The molecule has 1 N–H and O–H groups in total. The van der Waals surface area contributed by atoms with Crippen LogP contribution < -0.4 is 5.32 Å². The number of carbonyl (C=O) groups is 2. The molecule has 2 amide bonds. The molecule has 1 unspecified atom stereocenters. The topological polar surface area (TPSA) is 62.6 Å². The highest BCUT2D eigenvalue weighted by atomic mass is 16.3. The van der Waals surface area contributed by atoms with Crippen LogP contribution in [0.15, 0.2) is 34.9 Å². The van der Waals surface area contributed by atoms with E-state index in [0.29, 0.717) is 19.4 Å². The first-order chi connectivity index (χ1) is 9.66. The lowest BCUT2D eigenvalue weighted by Crippen LogP contribution is -2.51. The zero-order chi connectivity index (χ0) is 14.1. The number of likely N-dealkylation sites (tertiary alicyclic amines) is 1. The van der Waals surface area contributed by atoms with Gasteiger partial charge in [-0.1, -0.05) is 18.2 Å². The lowest BCUT2D eigenvalue weighted by Gasteiger charge is -2.28. The van der Waals surface area contributed by atoms with Crippen molar-refractivity contribution in [3.8, 4) is 0 Å². The second kappa shape index (κ2) is 5.09. The van der Waals surface area contributed by atoms with Gasteiger partial charge in [-0.15, -0.1) is 0 Å². The molecule has 1 fully saturated rings. The van der Waals surface area contributed by atoms with Crippen molar-refractivity contribution in [1.82, 2.24) is 10.2 Å². The molecule has 2 aromatic rings. The Labute approximate surface area is 116 Å². The number of nitrogens with one attached hydrogen (secondary N) is 1. The maximum atomic E-state index is 12.0. The van der Waals surface area contributed by atoms with Crippen molar-refractivity contribution in [3.63, 3.8) is 0 Å². The summed E-state index contributed by atoms with van der Waals surface area (Å²) in [5.74, 6) is -0.268. The van der Waals surface area contributed by atoms with Gasteiger partial charge in [0.1, 0.15) is 5.58 Å². The van der Waals surface area contributed by atoms with E-state index in [0.717, 1.165) is 16.5 Å². The number of amides is 2. The number of hydrogen-bond donors (Lipinski definition) is 1. The first-order valence-electron chi connectivity index (χ1n) is 6.65. The minimum absolute atomic E-state index is 0.109. The largest absolute Gasteiger partial charge is 0.464 e. The summed E-state index contributed by atoms with van der Waals surface area (Å²) in [6.07, 6.45) is 2.67. The first-order valence-corrected chi connectivity index (χ1v) is 6.65. The van der Waals surface area contributed by atoms with E-state index in [1.165, 1.54) is 11.9 Å². The molecule has 2 heterocycles. The molecule has 1 atom stereocenters. The fourth-order valence-corrected chi connectivity index (χ4v) is 2.51. The lowest BCUT2D eigenvalue weighted by molar-refractivity contribution is -0.148.